The van der Waals surface area contributed by atoms with Gasteiger partial charge in [0.05, 0.1) is 11.2 Å². The third kappa shape index (κ3) is 1.97. The van der Waals surface area contributed by atoms with Gasteiger partial charge in [-0.3, -0.25) is 0 Å². The average Bonchev–Trinajstić information content (AvgIpc) is 2.19. The average molecular weight is 201 g/mol. The predicted octanol–water partition coefficient (Wildman–Crippen LogP) is 1.75. The highest BCUT2D eigenvalue weighted by molar-refractivity contribution is 5.81. The topological polar surface area (TPSA) is 51.8 Å². The number of nitrogens with zero attached hydrogens (tertiary/aromatic N) is 2. The van der Waals surface area contributed by atoms with E-state index in [1.54, 1.807) is 0 Å². The SMILES string of the molecule is Cc1ccc2nc(C)nc(CCN)c2c1. The van der Waals surface area contributed by atoms with Crippen LogP contribution in [-0.4, -0.2) is 16.5 Å². The van der Waals surface area contributed by atoms with Gasteiger partial charge in [0.2, 0.25) is 0 Å². The van der Waals surface area contributed by atoms with E-state index in [2.05, 4.69) is 29.0 Å². The molecule has 3 heteroatoms. The van der Waals surface area contributed by atoms with Crippen LogP contribution in [0.15, 0.2) is 18.2 Å². The van der Waals surface area contributed by atoms with Crippen LogP contribution in [0.3, 0.4) is 0 Å². The Labute approximate surface area is 89.4 Å². The second kappa shape index (κ2) is 3.95. The van der Waals surface area contributed by atoms with Crippen molar-refractivity contribution in [3.63, 3.8) is 0 Å². The molecule has 0 saturated carbocycles. The first kappa shape index (κ1) is 10.1. The number of nitrogens with two attached hydrogens (primary N) is 1. The van der Waals surface area contributed by atoms with E-state index in [0.717, 1.165) is 28.8 Å². The summed E-state index contributed by atoms with van der Waals surface area (Å²) in [6, 6.07) is 6.24. The van der Waals surface area contributed by atoms with Crippen LogP contribution < -0.4 is 5.73 Å². The molecular formula is C12H15N3. The van der Waals surface area contributed by atoms with Gasteiger partial charge in [-0.25, -0.2) is 9.97 Å². The highest BCUT2D eigenvalue weighted by atomic mass is 14.9. The quantitative estimate of drug-likeness (QED) is 0.805. The molecule has 0 aliphatic heterocycles. The summed E-state index contributed by atoms with van der Waals surface area (Å²) in [5.74, 6) is 0.815. The van der Waals surface area contributed by atoms with Crippen molar-refractivity contribution in [3.05, 3.63) is 35.3 Å². The van der Waals surface area contributed by atoms with Crippen LogP contribution >= 0.6 is 0 Å². The van der Waals surface area contributed by atoms with Crippen molar-refractivity contribution in [1.82, 2.24) is 9.97 Å². The molecule has 1 aromatic heterocycles. The second-order valence-corrected chi connectivity index (χ2v) is 3.78. The van der Waals surface area contributed by atoms with Gasteiger partial charge in [0.15, 0.2) is 0 Å². The number of hydrogen-bond donors (Lipinski definition) is 1. The summed E-state index contributed by atoms with van der Waals surface area (Å²) >= 11 is 0. The second-order valence-electron chi connectivity index (χ2n) is 3.78. The first-order chi connectivity index (χ1) is 7.20. The van der Waals surface area contributed by atoms with Crippen molar-refractivity contribution in [2.45, 2.75) is 20.3 Å². The van der Waals surface area contributed by atoms with Crippen LogP contribution in [-0.2, 0) is 6.42 Å². The zero-order valence-corrected chi connectivity index (χ0v) is 9.12. The Bertz CT molecular complexity index is 491. The van der Waals surface area contributed by atoms with E-state index in [-0.39, 0.29) is 0 Å². The minimum Gasteiger partial charge on any atom is -0.330 e. The lowest BCUT2D eigenvalue weighted by atomic mass is 10.1. The van der Waals surface area contributed by atoms with Gasteiger partial charge < -0.3 is 5.73 Å². The molecule has 2 N–H and O–H groups in total. The number of fused-ring (bicyclic) bond motifs is 1. The summed E-state index contributed by atoms with van der Waals surface area (Å²) in [5.41, 5.74) is 8.88. The molecule has 0 spiro atoms. The summed E-state index contributed by atoms with van der Waals surface area (Å²) in [6.45, 7) is 4.62. The fourth-order valence-corrected chi connectivity index (χ4v) is 1.76. The highest BCUT2D eigenvalue weighted by Gasteiger charge is 2.04. The lowest BCUT2D eigenvalue weighted by Gasteiger charge is -2.06. The third-order valence-corrected chi connectivity index (χ3v) is 2.42. The van der Waals surface area contributed by atoms with Crippen molar-refractivity contribution in [2.24, 2.45) is 5.73 Å². The fraction of sp³-hybridized carbons (Fsp3) is 0.333. The van der Waals surface area contributed by atoms with Crippen molar-refractivity contribution < 1.29 is 0 Å². The van der Waals surface area contributed by atoms with E-state index in [4.69, 9.17) is 5.73 Å². The van der Waals surface area contributed by atoms with Crippen molar-refractivity contribution in [2.75, 3.05) is 6.54 Å². The van der Waals surface area contributed by atoms with E-state index >= 15 is 0 Å². The first-order valence-electron chi connectivity index (χ1n) is 5.14. The molecule has 2 rings (SSSR count). The monoisotopic (exact) mass is 201 g/mol. The minimum atomic E-state index is 0.624. The molecule has 0 radical (unpaired) electrons. The Kier molecular flexibility index (Phi) is 2.64. The van der Waals surface area contributed by atoms with Gasteiger partial charge in [-0.15, -0.1) is 0 Å². The summed E-state index contributed by atoms with van der Waals surface area (Å²) < 4.78 is 0. The van der Waals surface area contributed by atoms with Crippen LogP contribution in [0.5, 0.6) is 0 Å². The van der Waals surface area contributed by atoms with Gasteiger partial charge in [-0.2, -0.15) is 0 Å². The van der Waals surface area contributed by atoms with Crippen LogP contribution in [0.25, 0.3) is 10.9 Å². The third-order valence-electron chi connectivity index (χ3n) is 2.42. The van der Waals surface area contributed by atoms with Crippen molar-refractivity contribution in [1.29, 1.82) is 0 Å². The van der Waals surface area contributed by atoms with Crippen LogP contribution in [0.1, 0.15) is 17.1 Å². The molecule has 3 nitrogen and oxygen atoms in total. The molecular weight excluding hydrogens is 186 g/mol. The van der Waals surface area contributed by atoms with Gasteiger partial charge in [0.25, 0.3) is 0 Å². The van der Waals surface area contributed by atoms with E-state index in [1.807, 2.05) is 13.0 Å². The summed E-state index contributed by atoms with van der Waals surface area (Å²) in [5, 5.41) is 1.13. The Morgan fingerprint density at radius 3 is 2.73 bits per heavy atom. The maximum Gasteiger partial charge on any atom is 0.126 e. The molecule has 1 heterocycles. The largest absolute Gasteiger partial charge is 0.330 e. The standard InChI is InChI=1S/C12H15N3/c1-8-3-4-11-10(7-8)12(5-6-13)15-9(2)14-11/h3-4,7H,5-6,13H2,1-2H3. The highest BCUT2D eigenvalue weighted by Crippen LogP contribution is 2.17. The van der Waals surface area contributed by atoms with E-state index in [9.17, 15) is 0 Å². The van der Waals surface area contributed by atoms with Crippen molar-refractivity contribution in [3.8, 4) is 0 Å². The molecule has 0 bridgehead atoms. The molecule has 0 unspecified atom stereocenters. The normalized spacial score (nSPS) is 10.9. The summed E-state index contributed by atoms with van der Waals surface area (Å²) in [7, 11) is 0. The Morgan fingerprint density at radius 1 is 1.20 bits per heavy atom. The molecule has 2 aromatic rings. The Morgan fingerprint density at radius 2 is 2.00 bits per heavy atom. The summed E-state index contributed by atoms with van der Waals surface area (Å²) in [4.78, 5) is 8.85. The minimum absolute atomic E-state index is 0.624. The smallest absolute Gasteiger partial charge is 0.126 e. The van der Waals surface area contributed by atoms with Gasteiger partial charge in [-0.1, -0.05) is 11.6 Å². The van der Waals surface area contributed by atoms with E-state index in [1.165, 1.54) is 5.56 Å². The van der Waals surface area contributed by atoms with Crippen LogP contribution in [0, 0.1) is 13.8 Å². The first-order valence-corrected chi connectivity index (χ1v) is 5.14. The van der Waals surface area contributed by atoms with E-state index in [0.29, 0.717) is 6.54 Å². The number of aromatic nitrogens is 2. The zero-order chi connectivity index (χ0) is 10.8. The molecule has 15 heavy (non-hydrogen) atoms. The molecule has 0 fully saturated rings. The molecule has 0 saturated heterocycles. The van der Waals surface area contributed by atoms with Gasteiger partial charge in [-0.05, 0) is 32.5 Å². The number of benzene rings is 1. The fourth-order valence-electron chi connectivity index (χ4n) is 1.76. The molecule has 0 aliphatic rings. The zero-order valence-electron chi connectivity index (χ0n) is 9.12. The molecule has 0 aliphatic carbocycles. The summed E-state index contributed by atoms with van der Waals surface area (Å²) in [6.07, 6.45) is 0.809. The Balaban J connectivity index is 2.70. The lowest BCUT2D eigenvalue weighted by Crippen LogP contribution is -2.06. The van der Waals surface area contributed by atoms with Gasteiger partial charge in [0, 0.05) is 11.8 Å². The number of rotatable bonds is 2. The molecule has 1 aromatic carbocycles. The lowest BCUT2D eigenvalue weighted by molar-refractivity contribution is 0.907. The number of aryl methyl sites for hydroxylation is 2. The van der Waals surface area contributed by atoms with Crippen LogP contribution in [0.4, 0.5) is 0 Å². The molecule has 0 atom stereocenters. The maximum atomic E-state index is 5.58. The van der Waals surface area contributed by atoms with Crippen molar-refractivity contribution >= 4 is 10.9 Å². The van der Waals surface area contributed by atoms with Crippen LogP contribution in [0.2, 0.25) is 0 Å². The predicted molar refractivity (Wildman–Crippen MR) is 61.8 cm³/mol. The molecule has 0 amide bonds. The number of hydrogen-bond acceptors (Lipinski definition) is 3. The van der Waals surface area contributed by atoms with Gasteiger partial charge in [0.1, 0.15) is 5.82 Å². The maximum absolute atomic E-state index is 5.58. The Hall–Kier alpha value is -1.48. The molecule has 78 valence electrons. The van der Waals surface area contributed by atoms with Gasteiger partial charge >= 0.3 is 0 Å². The van der Waals surface area contributed by atoms with E-state index < -0.39 is 0 Å².